The van der Waals surface area contributed by atoms with Crippen LogP contribution >= 0.6 is 0 Å². The van der Waals surface area contributed by atoms with Crippen LogP contribution in [0.25, 0.3) is 11.2 Å². The summed E-state index contributed by atoms with van der Waals surface area (Å²) in [6, 6.07) is 0. The van der Waals surface area contributed by atoms with Gasteiger partial charge in [0.05, 0.1) is 0 Å². The predicted molar refractivity (Wildman–Crippen MR) is 61.1 cm³/mol. The van der Waals surface area contributed by atoms with E-state index in [2.05, 4.69) is 30.5 Å². The molecule has 2 aromatic heterocycles. The topological polar surface area (TPSA) is 71.8 Å². The monoisotopic (exact) mass is 221 g/mol. The molecule has 7 heteroatoms. The summed E-state index contributed by atoms with van der Waals surface area (Å²) in [7, 11) is 5.87. The molecule has 0 spiro atoms. The van der Waals surface area contributed by atoms with Gasteiger partial charge in [-0.1, -0.05) is 5.21 Å². The van der Waals surface area contributed by atoms with Crippen LogP contribution in [0.1, 0.15) is 0 Å². The Morgan fingerprint density at radius 2 is 2.19 bits per heavy atom. The van der Waals surface area contributed by atoms with Gasteiger partial charge in [-0.2, -0.15) is 0 Å². The molecule has 0 aliphatic heterocycles. The molecule has 0 fully saturated rings. The Hall–Kier alpha value is -1.76. The van der Waals surface area contributed by atoms with E-state index in [0.717, 1.165) is 24.6 Å². The minimum absolute atomic E-state index is 0.712. The third-order valence-electron chi connectivity index (χ3n) is 2.24. The summed E-state index contributed by atoms with van der Waals surface area (Å²) in [5.74, 6) is 0.736. The van der Waals surface area contributed by atoms with Crippen LogP contribution in [-0.2, 0) is 7.05 Å². The summed E-state index contributed by atoms with van der Waals surface area (Å²) in [5, 5.41) is 11.2. The van der Waals surface area contributed by atoms with Gasteiger partial charge in [0.25, 0.3) is 0 Å². The van der Waals surface area contributed by atoms with Crippen molar-refractivity contribution in [3.8, 4) is 0 Å². The zero-order chi connectivity index (χ0) is 11.5. The highest BCUT2D eigenvalue weighted by atomic mass is 15.4. The molecule has 0 bridgehead atoms. The largest absolute Gasteiger partial charge is 0.367 e. The third-order valence-corrected chi connectivity index (χ3v) is 2.24. The predicted octanol–water partition coefficient (Wildman–Crippen LogP) is -0.268. The van der Waals surface area contributed by atoms with Gasteiger partial charge in [0.1, 0.15) is 6.33 Å². The number of hydrogen-bond acceptors (Lipinski definition) is 6. The minimum atomic E-state index is 0.712. The molecule has 7 nitrogen and oxygen atoms in total. The maximum Gasteiger partial charge on any atom is 0.183 e. The third kappa shape index (κ3) is 2.08. The van der Waals surface area contributed by atoms with Gasteiger partial charge in [-0.15, -0.1) is 5.10 Å². The van der Waals surface area contributed by atoms with Crippen LogP contribution in [0.2, 0.25) is 0 Å². The van der Waals surface area contributed by atoms with Gasteiger partial charge in [0.15, 0.2) is 17.0 Å². The van der Waals surface area contributed by atoms with Crippen molar-refractivity contribution in [2.24, 2.45) is 7.05 Å². The van der Waals surface area contributed by atoms with Gasteiger partial charge in [0, 0.05) is 20.1 Å². The first kappa shape index (κ1) is 10.7. The van der Waals surface area contributed by atoms with Crippen LogP contribution in [0.5, 0.6) is 0 Å². The van der Waals surface area contributed by atoms with E-state index in [1.54, 1.807) is 4.68 Å². The second-order valence-corrected chi connectivity index (χ2v) is 3.84. The van der Waals surface area contributed by atoms with E-state index in [9.17, 15) is 0 Å². The van der Waals surface area contributed by atoms with Crippen molar-refractivity contribution in [2.45, 2.75) is 0 Å². The lowest BCUT2D eigenvalue weighted by atomic mass is 10.4. The van der Waals surface area contributed by atoms with Gasteiger partial charge < -0.3 is 10.2 Å². The normalized spacial score (nSPS) is 11.2. The Labute approximate surface area is 93.5 Å². The summed E-state index contributed by atoms with van der Waals surface area (Å²) < 4.78 is 1.63. The molecule has 0 radical (unpaired) electrons. The maximum absolute atomic E-state index is 4.16. The number of anilines is 1. The molecule has 0 unspecified atom stereocenters. The van der Waals surface area contributed by atoms with E-state index in [1.165, 1.54) is 6.33 Å². The molecule has 0 saturated carbocycles. The molecular formula is C9H15N7. The van der Waals surface area contributed by atoms with Crippen molar-refractivity contribution in [2.75, 3.05) is 32.5 Å². The smallest absolute Gasteiger partial charge is 0.183 e. The SMILES string of the molecule is CN(C)CCNc1ncnc2c1nnn2C. The second kappa shape index (κ2) is 4.40. The first-order valence-corrected chi connectivity index (χ1v) is 5.07. The lowest BCUT2D eigenvalue weighted by Gasteiger charge is -2.10. The molecule has 86 valence electrons. The Kier molecular flexibility index (Phi) is 2.95. The highest BCUT2D eigenvalue weighted by Gasteiger charge is 2.08. The summed E-state index contributed by atoms with van der Waals surface area (Å²) in [6.07, 6.45) is 1.52. The summed E-state index contributed by atoms with van der Waals surface area (Å²) >= 11 is 0. The van der Waals surface area contributed by atoms with Crippen molar-refractivity contribution in [1.29, 1.82) is 0 Å². The average Bonchev–Trinajstić information content (AvgIpc) is 2.61. The zero-order valence-electron chi connectivity index (χ0n) is 9.67. The lowest BCUT2D eigenvalue weighted by molar-refractivity contribution is 0.425. The molecule has 0 atom stereocenters. The Bertz CT molecular complexity index is 476. The van der Waals surface area contributed by atoms with Crippen LogP contribution in [-0.4, -0.2) is 57.0 Å². The molecule has 2 rings (SSSR count). The van der Waals surface area contributed by atoms with Crippen LogP contribution < -0.4 is 5.32 Å². The standard InChI is InChI=1S/C9H15N7/c1-15(2)5-4-10-8-7-9(12-6-11-8)16(3)14-13-7/h6H,4-5H2,1-3H3,(H,10,11,12). The zero-order valence-corrected chi connectivity index (χ0v) is 9.67. The van der Waals surface area contributed by atoms with Crippen molar-refractivity contribution >= 4 is 17.0 Å². The quantitative estimate of drug-likeness (QED) is 0.766. The summed E-state index contributed by atoms with van der Waals surface area (Å²) in [5.41, 5.74) is 1.45. The van der Waals surface area contributed by atoms with E-state index >= 15 is 0 Å². The summed E-state index contributed by atoms with van der Waals surface area (Å²) in [4.78, 5) is 10.4. The van der Waals surface area contributed by atoms with Crippen molar-refractivity contribution in [3.63, 3.8) is 0 Å². The van der Waals surface area contributed by atoms with E-state index in [0.29, 0.717) is 5.52 Å². The molecule has 0 aromatic carbocycles. The first-order valence-electron chi connectivity index (χ1n) is 5.07. The van der Waals surface area contributed by atoms with Crippen LogP contribution in [0, 0.1) is 0 Å². The van der Waals surface area contributed by atoms with E-state index in [1.807, 2.05) is 21.1 Å². The molecular weight excluding hydrogens is 206 g/mol. The van der Waals surface area contributed by atoms with Crippen molar-refractivity contribution in [1.82, 2.24) is 29.9 Å². The number of hydrogen-bond donors (Lipinski definition) is 1. The Balaban J connectivity index is 2.17. The number of nitrogens with one attached hydrogen (secondary N) is 1. The van der Waals surface area contributed by atoms with Gasteiger partial charge >= 0.3 is 0 Å². The number of fused-ring (bicyclic) bond motifs is 1. The molecule has 0 aliphatic rings. The first-order chi connectivity index (χ1) is 7.68. The number of aryl methyl sites for hydroxylation is 1. The van der Waals surface area contributed by atoms with Gasteiger partial charge in [-0.3, -0.25) is 0 Å². The fourth-order valence-corrected chi connectivity index (χ4v) is 1.38. The highest BCUT2D eigenvalue weighted by molar-refractivity contribution is 5.81. The molecule has 2 heterocycles. The number of nitrogens with zero attached hydrogens (tertiary/aromatic N) is 6. The molecule has 16 heavy (non-hydrogen) atoms. The number of aromatic nitrogens is 5. The maximum atomic E-state index is 4.16. The van der Waals surface area contributed by atoms with Crippen LogP contribution in [0.4, 0.5) is 5.82 Å². The van der Waals surface area contributed by atoms with E-state index < -0.39 is 0 Å². The molecule has 0 saturated heterocycles. The Morgan fingerprint density at radius 1 is 1.38 bits per heavy atom. The van der Waals surface area contributed by atoms with E-state index in [-0.39, 0.29) is 0 Å². The second-order valence-electron chi connectivity index (χ2n) is 3.84. The number of rotatable bonds is 4. The fraction of sp³-hybridized carbons (Fsp3) is 0.556. The van der Waals surface area contributed by atoms with Gasteiger partial charge in [-0.25, -0.2) is 14.6 Å². The van der Waals surface area contributed by atoms with Crippen LogP contribution in [0.3, 0.4) is 0 Å². The molecule has 2 aromatic rings. The summed E-state index contributed by atoms with van der Waals surface area (Å²) in [6.45, 7) is 1.75. The highest BCUT2D eigenvalue weighted by Crippen LogP contribution is 2.14. The van der Waals surface area contributed by atoms with Crippen molar-refractivity contribution < 1.29 is 0 Å². The molecule has 0 aliphatic carbocycles. The Morgan fingerprint density at radius 3 is 2.94 bits per heavy atom. The molecule has 1 N–H and O–H groups in total. The number of likely N-dealkylation sites (N-methyl/N-ethyl adjacent to an activating group) is 1. The van der Waals surface area contributed by atoms with Crippen molar-refractivity contribution in [3.05, 3.63) is 6.33 Å². The minimum Gasteiger partial charge on any atom is -0.367 e. The lowest BCUT2D eigenvalue weighted by Crippen LogP contribution is -2.21. The van der Waals surface area contributed by atoms with Gasteiger partial charge in [-0.05, 0) is 14.1 Å². The van der Waals surface area contributed by atoms with E-state index in [4.69, 9.17) is 0 Å². The molecule has 0 amide bonds. The average molecular weight is 221 g/mol. The fourth-order valence-electron chi connectivity index (χ4n) is 1.38. The van der Waals surface area contributed by atoms with Gasteiger partial charge in [0.2, 0.25) is 0 Å². The van der Waals surface area contributed by atoms with Crippen LogP contribution in [0.15, 0.2) is 6.33 Å².